The van der Waals surface area contributed by atoms with E-state index in [4.69, 9.17) is 4.42 Å². The zero-order chi connectivity index (χ0) is 6.81. The zero-order valence-electron chi connectivity index (χ0n) is 5.92. The van der Waals surface area contributed by atoms with Gasteiger partial charge >= 0.3 is 67.2 Å². The van der Waals surface area contributed by atoms with E-state index in [2.05, 4.69) is 4.98 Å². The predicted molar refractivity (Wildman–Crippen MR) is 33.3 cm³/mol. The second-order valence-electron chi connectivity index (χ2n) is 2.85. The second-order valence-corrected chi connectivity index (χ2v) is 7.61. The number of hydrogen-bond donors (Lipinski definition) is 0. The van der Waals surface area contributed by atoms with Crippen molar-refractivity contribution < 1.29 is 21.5 Å². The van der Waals surface area contributed by atoms with Gasteiger partial charge in [0.1, 0.15) is 0 Å². The van der Waals surface area contributed by atoms with Crippen molar-refractivity contribution in [3.05, 3.63) is 18.4 Å². The third-order valence-electron chi connectivity index (χ3n) is 2.16. The van der Waals surface area contributed by atoms with Gasteiger partial charge in [-0.2, -0.15) is 0 Å². The van der Waals surface area contributed by atoms with Gasteiger partial charge in [-0.25, -0.2) is 0 Å². The fourth-order valence-corrected chi connectivity index (χ4v) is 6.01. The molecule has 0 bridgehead atoms. The van der Waals surface area contributed by atoms with E-state index in [0.29, 0.717) is 0 Å². The molecule has 1 atom stereocenters. The number of nitrogens with zero attached hydrogens (tertiary/aromatic N) is 1. The Balaban J connectivity index is 2.12. The maximum absolute atomic E-state index is 5.25. The topological polar surface area (TPSA) is 26.0 Å². The number of oxazole rings is 1. The van der Waals surface area contributed by atoms with Crippen LogP contribution in [0.5, 0.6) is 0 Å². The van der Waals surface area contributed by atoms with Gasteiger partial charge in [-0.3, -0.25) is 0 Å². The molecule has 0 saturated carbocycles. The van der Waals surface area contributed by atoms with Gasteiger partial charge in [-0.15, -0.1) is 0 Å². The van der Waals surface area contributed by atoms with Gasteiger partial charge in [0.25, 0.3) is 0 Å². The molecule has 10 heavy (non-hydrogen) atoms. The molecule has 1 unspecified atom stereocenters. The Morgan fingerprint density at radius 2 is 2.70 bits per heavy atom. The zero-order valence-corrected chi connectivity index (χ0v) is 8.88. The Kier molecular flexibility index (Phi) is 1.85. The van der Waals surface area contributed by atoms with Crippen molar-refractivity contribution in [2.75, 3.05) is 0 Å². The fraction of sp³-hybridized carbons (Fsp3) is 0.571. The molecule has 2 nitrogen and oxygen atoms in total. The van der Waals surface area contributed by atoms with Crippen LogP contribution in [0.2, 0.25) is 5.02 Å². The first-order chi connectivity index (χ1) is 4.97. The summed E-state index contributed by atoms with van der Waals surface area (Å²) in [6.07, 6.45) is 6.22. The minimum absolute atomic E-state index is 0.264. The summed E-state index contributed by atoms with van der Waals surface area (Å²) in [5, 5.41) is 1.53. The van der Waals surface area contributed by atoms with E-state index in [1.807, 2.05) is 0 Å². The third-order valence-corrected chi connectivity index (χ3v) is 7.11. The Bertz CT molecular complexity index is 191. The molecule has 0 N–H and O–H groups in total. The van der Waals surface area contributed by atoms with Crippen molar-refractivity contribution in [3.63, 3.8) is 0 Å². The number of aromatic nitrogens is 1. The molecule has 1 saturated heterocycles. The summed E-state index contributed by atoms with van der Waals surface area (Å²) >= 11 is -0.264. The van der Waals surface area contributed by atoms with Crippen LogP contribution in [0.25, 0.3) is 0 Å². The molecule has 1 aromatic rings. The molecule has 50 valence electrons. The molecule has 1 aromatic heterocycles. The van der Waals surface area contributed by atoms with Crippen LogP contribution in [-0.2, 0) is 17.1 Å². The van der Waals surface area contributed by atoms with Crippen molar-refractivity contribution in [2.45, 2.75) is 22.4 Å². The van der Waals surface area contributed by atoms with E-state index in [0.717, 1.165) is 10.4 Å². The van der Waals surface area contributed by atoms with E-state index >= 15 is 0 Å². The summed E-state index contributed by atoms with van der Waals surface area (Å²) in [5.41, 5.74) is 0. The molecule has 1 aliphatic rings. The third kappa shape index (κ3) is 1.15. The summed E-state index contributed by atoms with van der Waals surface area (Å²) in [6.45, 7) is 0. The van der Waals surface area contributed by atoms with Crippen LogP contribution in [0.4, 0.5) is 0 Å². The summed E-state index contributed by atoms with van der Waals surface area (Å²) in [4.78, 5) is 4.18. The molecular weight excluding hydrogens is 179 g/mol. The Morgan fingerprint density at radius 1 is 1.70 bits per heavy atom. The quantitative estimate of drug-likeness (QED) is 0.630. The van der Waals surface area contributed by atoms with Crippen molar-refractivity contribution >= 4 is 0 Å². The molecule has 0 aromatic carbocycles. The molecule has 0 amide bonds. The summed E-state index contributed by atoms with van der Waals surface area (Å²) in [5.74, 6) is 1.03. The first-order valence-corrected chi connectivity index (χ1v) is 7.67. The molecule has 2 rings (SSSR count). The molecular formula is C7H9NOZn. The van der Waals surface area contributed by atoms with Crippen LogP contribution < -0.4 is 0 Å². The van der Waals surface area contributed by atoms with Gasteiger partial charge < -0.3 is 0 Å². The van der Waals surface area contributed by atoms with Gasteiger partial charge in [-0.05, 0) is 0 Å². The van der Waals surface area contributed by atoms with Gasteiger partial charge in [-0.1, -0.05) is 0 Å². The molecule has 0 radical (unpaired) electrons. The predicted octanol–water partition coefficient (Wildman–Crippen LogP) is 2.01. The first-order valence-electron chi connectivity index (χ1n) is 3.86. The fourth-order valence-electron chi connectivity index (χ4n) is 1.61. The minimum atomic E-state index is -0.264. The van der Waals surface area contributed by atoms with Gasteiger partial charge in [0.05, 0.1) is 0 Å². The average molecular weight is 189 g/mol. The Morgan fingerprint density at radius 3 is 3.30 bits per heavy atom. The summed E-state index contributed by atoms with van der Waals surface area (Å²) < 4.78 is 6.06. The van der Waals surface area contributed by atoms with Crippen LogP contribution in [0, 0.1) is 0 Å². The van der Waals surface area contributed by atoms with Crippen molar-refractivity contribution in [2.24, 2.45) is 0 Å². The van der Waals surface area contributed by atoms with E-state index in [9.17, 15) is 0 Å². The first kappa shape index (κ1) is 6.54. The number of hydrogen-bond acceptors (Lipinski definition) is 2. The van der Waals surface area contributed by atoms with Crippen LogP contribution in [0.15, 0.2) is 16.9 Å². The summed E-state index contributed by atoms with van der Waals surface area (Å²) in [7, 11) is 0. The molecule has 0 spiro atoms. The normalized spacial score (nSPS) is 23.8. The van der Waals surface area contributed by atoms with Crippen LogP contribution in [0.1, 0.15) is 23.2 Å². The monoisotopic (exact) mass is 187 g/mol. The van der Waals surface area contributed by atoms with E-state index in [-0.39, 0.29) is 17.1 Å². The van der Waals surface area contributed by atoms with Crippen molar-refractivity contribution in [1.82, 2.24) is 4.98 Å². The molecule has 1 fully saturated rings. The Hall–Kier alpha value is -0.167. The van der Waals surface area contributed by atoms with Crippen molar-refractivity contribution in [1.29, 1.82) is 0 Å². The average Bonchev–Trinajstić information content (AvgIpc) is 2.59. The molecule has 2 heterocycles. The van der Waals surface area contributed by atoms with E-state index in [1.54, 1.807) is 12.5 Å². The second kappa shape index (κ2) is 2.83. The van der Waals surface area contributed by atoms with Crippen LogP contribution in [-0.4, -0.2) is 4.98 Å². The Labute approximate surface area is 67.6 Å². The van der Waals surface area contributed by atoms with Gasteiger partial charge in [0, 0.05) is 0 Å². The van der Waals surface area contributed by atoms with Gasteiger partial charge in [0.2, 0.25) is 0 Å². The molecule has 1 aliphatic heterocycles. The molecule has 3 heteroatoms. The van der Waals surface area contributed by atoms with Crippen LogP contribution in [0.3, 0.4) is 0 Å². The molecule has 0 aliphatic carbocycles. The number of rotatable bonds is 1. The van der Waals surface area contributed by atoms with E-state index < -0.39 is 0 Å². The van der Waals surface area contributed by atoms with E-state index in [1.165, 1.54) is 17.9 Å². The maximum atomic E-state index is 5.25. The van der Waals surface area contributed by atoms with Gasteiger partial charge in [0.15, 0.2) is 0 Å². The van der Waals surface area contributed by atoms with Crippen LogP contribution >= 0.6 is 0 Å². The van der Waals surface area contributed by atoms with Crippen molar-refractivity contribution in [3.8, 4) is 0 Å². The SMILES string of the molecule is c1coc([CH]2CC[CH2][Zn]2)n1. The summed E-state index contributed by atoms with van der Waals surface area (Å²) in [6, 6.07) is 0. The standard InChI is InChI=1S/C7H9NO.Zn/c1-2-3-4-7-8-5-6-9-7;/h4-6H,1-3H2;.